The van der Waals surface area contributed by atoms with Gasteiger partial charge in [-0.25, -0.2) is 0 Å². The Morgan fingerprint density at radius 1 is 1.42 bits per heavy atom. The number of hydrogen-bond acceptors (Lipinski definition) is 2. The number of rotatable bonds is 3. The van der Waals surface area contributed by atoms with E-state index in [4.69, 9.17) is 4.74 Å². The molecule has 0 saturated carbocycles. The number of piperidine rings is 1. The molecule has 1 saturated heterocycles. The summed E-state index contributed by atoms with van der Waals surface area (Å²) in [4.78, 5) is 2.54. The fourth-order valence-electron chi connectivity index (χ4n) is 1.95. The molecule has 0 N–H and O–H groups in total. The molecule has 0 amide bonds. The van der Waals surface area contributed by atoms with Gasteiger partial charge in [-0.2, -0.15) is 0 Å². The SMILES string of the molecule is COCCN1CCC[C@@H](C)[C@@H]1C. The van der Waals surface area contributed by atoms with E-state index in [0.29, 0.717) is 0 Å². The zero-order valence-corrected chi connectivity index (χ0v) is 8.55. The van der Waals surface area contributed by atoms with Gasteiger partial charge < -0.3 is 4.74 Å². The lowest BCUT2D eigenvalue weighted by atomic mass is 9.92. The van der Waals surface area contributed by atoms with Crippen molar-refractivity contribution in [3.05, 3.63) is 0 Å². The van der Waals surface area contributed by atoms with E-state index in [-0.39, 0.29) is 0 Å². The van der Waals surface area contributed by atoms with Crippen LogP contribution in [0.2, 0.25) is 0 Å². The molecule has 12 heavy (non-hydrogen) atoms. The standard InChI is InChI=1S/C10H21NO/c1-9-5-4-6-11(10(9)2)7-8-12-3/h9-10H,4-8H2,1-3H3/t9-,10+/m1/s1. The van der Waals surface area contributed by atoms with Crippen LogP contribution in [0, 0.1) is 5.92 Å². The van der Waals surface area contributed by atoms with Crippen molar-refractivity contribution < 1.29 is 4.74 Å². The Hall–Kier alpha value is -0.0800. The Balaban J connectivity index is 2.30. The molecule has 0 bridgehead atoms. The van der Waals surface area contributed by atoms with Crippen molar-refractivity contribution in [3.63, 3.8) is 0 Å². The van der Waals surface area contributed by atoms with Crippen molar-refractivity contribution in [3.8, 4) is 0 Å². The number of methoxy groups -OCH3 is 1. The Morgan fingerprint density at radius 2 is 2.17 bits per heavy atom. The highest BCUT2D eigenvalue weighted by molar-refractivity contribution is 4.77. The van der Waals surface area contributed by atoms with Crippen molar-refractivity contribution in [2.75, 3.05) is 26.8 Å². The Morgan fingerprint density at radius 3 is 2.83 bits per heavy atom. The molecule has 2 atom stereocenters. The smallest absolute Gasteiger partial charge is 0.0589 e. The first-order chi connectivity index (χ1) is 5.75. The molecule has 0 radical (unpaired) electrons. The lowest BCUT2D eigenvalue weighted by Gasteiger charge is -2.37. The predicted molar refractivity (Wildman–Crippen MR) is 51.3 cm³/mol. The van der Waals surface area contributed by atoms with Gasteiger partial charge in [0.1, 0.15) is 0 Å². The van der Waals surface area contributed by atoms with E-state index >= 15 is 0 Å². The minimum atomic E-state index is 0.744. The molecule has 0 aromatic rings. The maximum atomic E-state index is 5.09. The number of likely N-dealkylation sites (tertiary alicyclic amines) is 1. The van der Waals surface area contributed by atoms with E-state index in [9.17, 15) is 0 Å². The summed E-state index contributed by atoms with van der Waals surface area (Å²) in [6, 6.07) is 0.744. The van der Waals surface area contributed by atoms with Crippen LogP contribution in [-0.2, 0) is 4.74 Å². The Kier molecular flexibility index (Phi) is 4.02. The van der Waals surface area contributed by atoms with Crippen LogP contribution in [-0.4, -0.2) is 37.7 Å². The van der Waals surface area contributed by atoms with Crippen LogP contribution in [0.25, 0.3) is 0 Å². The summed E-state index contributed by atoms with van der Waals surface area (Å²) in [6.45, 7) is 7.91. The van der Waals surface area contributed by atoms with Gasteiger partial charge in [-0.1, -0.05) is 6.92 Å². The topological polar surface area (TPSA) is 12.5 Å². The van der Waals surface area contributed by atoms with Gasteiger partial charge in [0.2, 0.25) is 0 Å². The van der Waals surface area contributed by atoms with E-state index < -0.39 is 0 Å². The van der Waals surface area contributed by atoms with Crippen molar-refractivity contribution in [1.82, 2.24) is 4.90 Å². The molecule has 0 aromatic heterocycles. The summed E-state index contributed by atoms with van der Waals surface area (Å²) in [5, 5.41) is 0. The van der Waals surface area contributed by atoms with Crippen LogP contribution < -0.4 is 0 Å². The third-order valence-corrected chi connectivity index (χ3v) is 3.09. The van der Waals surface area contributed by atoms with E-state index in [1.807, 2.05) is 0 Å². The largest absolute Gasteiger partial charge is 0.383 e. The van der Waals surface area contributed by atoms with Gasteiger partial charge in [-0.05, 0) is 32.2 Å². The number of ether oxygens (including phenoxy) is 1. The van der Waals surface area contributed by atoms with Gasteiger partial charge in [0.25, 0.3) is 0 Å². The maximum absolute atomic E-state index is 5.09. The van der Waals surface area contributed by atoms with E-state index in [1.54, 1.807) is 7.11 Å². The normalized spacial score (nSPS) is 32.2. The lowest BCUT2D eigenvalue weighted by Crippen LogP contribution is -2.43. The van der Waals surface area contributed by atoms with Gasteiger partial charge in [-0.15, -0.1) is 0 Å². The lowest BCUT2D eigenvalue weighted by molar-refractivity contribution is 0.0765. The number of hydrogen-bond donors (Lipinski definition) is 0. The molecule has 1 aliphatic rings. The molecule has 1 rings (SSSR count). The summed E-state index contributed by atoms with van der Waals surface area (Å²) in [6.07, 6.45) is 2.75. The van der Waals surface area contributed by atoms with Crippen molar-refractivity contribution in [2.45, 2.75) is 32.7 Å². The molecular weight excluding hydrogens is 150 g/mol. The van der Waals surface area contributed by atoms with Gasteiger partial charge >= 0.3 is 0 Å². The first-order valence-corrected chi connectivity index (χ1v) is 4.98. The molecule has 1 aliphatic heterocycles. The second kappa shape index (κ2) is 4.83. The molecule has 1 fully saturated rings. The molecule has 2 heteroatoms. The minimum absolute atomic E-state index is 0.744. The highest BCUT2D eigenvalue weighted by atomic mass is 16.5. The molecule has 0 unspecified atom stereocenters. The average Bonchev–Trinajstić information content (AvgIpc) is 2.08. The molecule has 0 aromatic carbocycles. The highest BCUT2D eigenvalue weighted by Gasteiger charge is 2.23. The van der Waals surface area contributed by atoms with Gasteiger partial charge in [-0.3, -0.25) is 4.90 Å². The Bertz CT molecular complexity index is 127. The third kappa shape index (κ3) is 2.46. The van der Waals surface area contributed by atoms with Gasteiger partial charge in [0.15, 0.2) is 0 Å². The minimum Gasteiger partial charge on any atom is -0.383 e. The molecular formula is C10H21NO. The van der Waals surface area contributed by atoms with E-state index in [1.165, 1.54) is 19.4 Å². The zero-order valence-electron chi connectivity index (χ0n) is 8.55. The third-order valence-electron chi connectivity index (χ3n) is 3.09. The first kappa shape index (κ1) is 10.0. The van der Waals surface area contributed by atoms with Crippen LogP contribution in [0.5, 0.6) is 0 Å². The van der Waals surface area contributed by atoms with Gasteiger partial charge in [0.05, 0.1) is 6.61 Å². The molecule has 0 spiro atoms. The number of nitrogens with zero attached hydrogens (tertiary/aromatic N) is 1. The fraction of sp³-hybridized carbons (Fsp3) is 1.00. The molecule has 72 valence electrons. The summed E-state index contributed by atoms with van der Waals surface area (Å²) in [5.41, 5.74) is 0. The van der Waals surface area contributed by atoms with Crippen LogP contribution in [0.4, 0.5) is 0 Å². The summed E-state index contributed by atoms with van der Waals surface area (Å²) in [7, 11) is 1.78. The molecule has 0 aliphatic carbocycles. The fourth-order valence-corrected chi connectivity index (χ4v) is 1.95. The first-order valence-electron chi connectivity index (χ1n) is 4.98. The highest BCUT2D eigenvalue weighted by Crippen LogP contribution is 2.21. The summed E-state index contributed by atoms with van der Waals surface area (Å²) < 4.78 is 5.09. The van der Waals surface area contributed by atoms with Crippen LogP contribution in [0.15, 0.2) is 0 Å². The predicted octanol–water partition coefficient (Wildman–Crippen LogP) is 1.75. The second-order valence-electron chi connectivity index (χ2n) is 3.89. The average molecular weight is 171 g/mol. The maximum Gasteiger partial charge on any atom is 0.0589 e. The van der Waals surface area contributed by atoms with Crippen molar-refractivity contribution >= 4 is 0 Å². The summed E-state index contributed by atoms with van der Waals surface area (Å²) >= 11 is 0. The van der Waals surface area contributed by atoms with E-state index in [2.05, 4.69) is 18.7 Å². The molecule has 2 nitrogen and oxygen atoms in total. The second-order valence-corrected chi connectivity index (χ2v) is 3.89. The van der Waals surface area contributed by atoms with Crippen molar-refractivity contribution in [2.24, 2.45) is 5.92 Å². The van der Waals surface area contributed by atoms with E-state index in [0.717, 1.165) is 25.1 Å². The Labute approximate surface area is 75.9 Å². The van der Waals surface area contributed by atoms with Crippen LogP contribution in [0.1, 0.15) is 26.7 Å². The monoisotopic (exact) mass is 171 g/mol. The van der Waals surface area contributed by atoms with Crippen LogP contribution in [0.3, 0.4) is 0 Å². The van der Waals surface area contributed by atoms with Crippen molar-refractivity contribution in [1.29, 1.82) is 0 Å². The quantitative estimate of drug-likeness (QED) is 0.641. The van der Waals surface area contributed by atoms with Crippen LogP contribution >= 0.6 is 0 Å². The van der Waals surface area contributed by atoms with Gasteiger partial charge in [0, 0.05) is 19.7 Å². The molecule has 1 heterocycles. The zero-order chi connectivity index (χ0) is 8.97. The summed E-state index contributed by atoms with van der Waals surface area (Å²) in [5.74, 6) is 0.857.